The van der Waals surface area contributed by atoms with E-state index in [1.807, 2.05) is 61.6 Å². The highest BCUT2D eigenvalue weighted by molar-refractivity contribution is 6.07. The van der Waals surface area contributed by atoms with E-state index in [-0.39, 0.29) is 11.9 Å². The Balaban J connectivity index is 1.29. The summed E-state index contributed by atoms with van der Waals surface area (Å²) in [6.07, 6.45) is 1.52. The standard InChI is InChI=1S/C28H25N7O/c1-33-27(30-18-31-33)19-10-11-25(20(16-19)17-29)34-12-14-35(15-13-34)26-21-6-2-3-7-22(21)28(36)32-24-9-5-4-8-23(24)26/h2-11,16,18,26H,12-15H2,1H3,(H,32,36). The molecular weight excluding hydrogens is 450 g/mol. The Morgan fingerprint density at radius 2 is 1.72 bits per heavy atom. The molecule has 6 rings (SSSR count). The maximum Gasteiger partial charge on any atom is 0.256 e. The highest BCUT2D eigenvalue weighted by Crippen LogP contribution is 2.39. The van der Waals surface area contributed by atoms with Gasteiger partial charge in [0.1, 0.15) is 12.4 Å². The molecule has 3 aromatic carbocycles. The molecule has 8 heteroatoms. The Bertz CT molecular complexity index is 1490. The van der Waals surface area contributed by atoms with Gasteiger partial charge in [-0.05, 0) is 41.5 Å². The normalized spacial score (nSPS) is 17.5. The van der Waals surface area contributed by atoms with Crippen LogP contribution >= 0.6 is 0 Å². The van der Waals surface area contributed by atoms with Crippen molar-refractivity contribution in [2.24, 2.45) is 7.05 Å². The molecule has 36 heavy (non-hydrogen) atoms. The molecule has 0 aliphatic carbocycles. The first-order valence-corrected chi connectivity index (χ1v) is 12.0. The van der Waals surface area contributed by atoms with Crippen LogP contribution in [-0.2, 0) is 7.05 Å². The van der Waals surface area contributed by atoms with Crippen LogP contribution in [0.25, 0.3) is 11.4 Å². The van der Waals surface area contributed by atoms with E-state index >= 15 is 0 Å². The van der Waals surface area contributed by atoms with Crippen LogP contribution in [0.5, 0.6) is 0 Å². The zero-order chi connectivity index (χ0) is 24.6. The number of hydrogen-bond acceptors (Lipinski definition) is 6. The van der Waals surface area contributed by atoms with Crippen molar-refractivity contribution in [1.29, 1.82) is 5.26 Å². The molecule has 0 spiro atoms. The minimum atomic E-state index is -0.0687. The highest BCUT2D eigenvalue weighted by Gasteiger charge is 2.33. The molecule has 0 saturated carbocycles. The first-order chi connectivity index (χ1) is 17.6. The largest absolute Gasteiger partial charge is 0.368 e. The van der Waals surface area contributed by atoms with E-state index in [1.165, 1.54) is 6.33 Å². The SMILES string of the molecule is Cn1ncnc1-c1ccc(N2CCN(C3c4ccccc4NC(=O)c4ccccc43)CC2)c(C#N)c1. The van der Waals surface area contributed by atoms with Crippen LogP contribution in [0.1, 0.15) is 33.1 Å². The van der Waals surface area contributed by atoms with Gasteiger partial charge in [0.05, 0.1) is 17.3 Å². The van der Waals surface area contributed by atoms with Crippen LogP contribution in [0, 0.1) is 11.3 Å². The van der Waals surface area contributed by atoms with Gasteiger partial charge >= 0.3 is 0 Å². The quantitative estimate of drug-likeness (QED) is 0.484. The van der Waals surface area contributed by atoms with Crippen LogP contribution in [-0.4, -0.2) is 51.8 Å². The fraction of sp³-hybridized carbons (Fsp3) is 0.214. The Hall–Kier alpha value is -4.48. The molecule has 1 N–H and O–H groups in total. The van der Waals surface area contributed by atoms with Crippen LogP contribution in [0.4, 0.5) is 11.4 Å². The van der Waals surface area contributed by atoms with E-state index in [1.54, 1.807) is 4.68 Å². The average Bonchev–Trinajstić information content (AvgIpc) is 3.30. The van der Waals surface area contributed by atoms with Gasteiger partial charge in [0.2, 0.25) is 0 Å². The summed E-state index contributed by atoms with van der Waals surface area (Å²) in [6.45, 7) is 3.16. The summed E-state index contributed by atoms with van der Waals surface area (Å²) in [5, 5.41) is 17.1. The maximum atomic E-state index is 13.0. The highest BCUT2D eigenvalue weighted by atomic mass is 16.1. The number of amides is 1. The summed E-state index contributed by atoms with van der Waals surface area (Å²) in [5.74, 6) is 0.664. The third-order valence-corrected chi connectivity index (χ3v) is 7.11. The molecule has 178 valence electrons. The van der Waals surface area contributed by atoms with Gasteiger partial charge in [-0.25, -0.2) is 9.67 Å². The van der Waals surface area contributed by atoms with E-state index in [2.05, 4.69) is 43.4 Å². The van der Waals surface area contributed by atoms with Gasteiger partial charge in [-0.2, -0.15) is 10.4 Å². The van der Waals surface area contributed by atoms with Gasteiger partial charge in [0, 0.05) is 50.0 Å². The Labute approximate surface area is 209 Å². The van der Waals surface area contributed by atoms with Crippen molar-refractivity contribution in [2.75, 3.05) is 36.4 Å². The molecule has 2 aliphatic rings. The molecule has 1 unspecified atom stereocenters. The predicted molar refractivity (Wildman–Crippen MR) is 138 cm³/mol. The van der Waals surface area contributed by atoms with E-state index in [0.29, 0.717) is 11.1 Å². The second kappa shape index (κ2) is 8.95. The maximum absolute atomic E-state index is 13.0. The summed E-state index contributed by atoms with van der Waals surface area (Å²) >= 11 is 0. The molecule has 1 fully saturated rings. The number of carbonyl (C=O) groups excluding carboxylic acids is 1. The van der Waals surface area contributed by atoms with Crippen molar-refractivity contribution in [3.8, 4) is 17.5 Å². The molecule has 8 nitrogen and oxygen atoms in total. The average molecular weight is 476 g/mol. The summed E-state index contributed by atoms with van der Waals surface area (Å²) in [6, 6.07) is 24.2. The number of rotatable bonds is 3. The van der Waals surface area contributed by atoms with E-state index in [9.17, 15) is 10.1 Å². The molecule has 2 aliphatic heterocycles. The molecule has 1 aromatic heterocycles. The van der Waals surface area contributed by atoms with Gasteiger partial charge in [0.25, 0.3) is 5.91 Å². The number of carbonyl (C=O) groups is 1. The van der Waals surface area contributed by atoms with E-state index in [4.69, 9.17) is 0 Å². The monoisotopic (exact) mass is 475 g/mol. The molecule has 1 atom stereocenters. The fourth-order valence-electron chi connectivity index (χ4n) is 5.36. The zero-order valence-corrected chi connectivity index (χ0v) is 19.9. The lowest BCUT2D eigenvalue weighted by Gasteiger charge is -2.41. The van der Waals surface area contributed by atoms with Crippen LogP contribution in [0.2, 0.25) is 0 Å². The Morgan fingerprint density at radius 3 is 2.47 bits per heavy atom. The Morgan fingerprint density at radius 1 is 0.972 bits per heavy atom. The van der Waals surface area contributed by atoms with Crippen LogP contribution in [0.3, 0.4) is 0 Å². The lowest BCUT2D eigenvalue weighted by molar-refractivity contribution is 0.102. The number of hydrogen-bond donors (Lipinski definition) is 1. The third kappa shape index (κ3) is 3.70. The lowest BCUT2D eigenvalue weighted by atomic mass is 9.93. The van der Waals surface area contributed by atoms with Crippen molar-refractivity contribution < 1.29 is 4.79 Å². The van der Waals surface area contributed by atoms with E-state index in [0.717, 1.165) is 60.1 Å². The number of nitriles is 1. The summed E-state index contributed by atoms with van der Waals surface area (Å²) in [4.78, 5) is 22.0. The van der Waals surface area contributed by atoms with Crippen molar-refractivity contribution in [3.05, 3.63) is 95.3 Å². The van der Waals surface area contributed by atoms with Gasteiger partial charge in [-0.15, -0.1) is 0 Å². The summed E-state index contributed by atoms with van der Waals surface area (Å²) < 4.78 is 1.71. The van der Waals surface area contributed by atoms with Crippen molar-refractivity contribution in [3.63, 3.8) is 0 Å². The second-order valence-corrected chi connectivity index (χ2v) is 9.11. The third-order valence-electron chi connectivity index (χ3n) is 7.11. The second-order valence-electron chi connectivity index (χ2n) is 9.11. The van der Waals surface area contributed by atoms with Gasteiger partial charge in [-0.3, -0.25) is 9.69 Å². The first kappa shape index (κ1) is 22.0. The molecule has 1 amide bonds. The molecular formula is C28H25N7O. The number of anilines is 2. The fourth-order valence-corrected chi connectivity index (χ4v) is 5.36. The van der Waals surface area contributed by atoms with Crippen molar-refractivity contribution >= 4 is 17.3 Å². The lowest BCUT2D eigenvalue weighted by Crippen LogP contribution is -2.48. The molecule has 4 aromatic rings. The number of piperazine rings is 1. The molecule has 0 bridgehead atoms. The number of aryl methyl sites for hydroxylation is 1. The summed E-state index contributed by atoms with van der Waals surface area (Å²) in [5.41, 5.74) is 6.14. The number of nitrogens with one attached hydrogen (secondary N) is 1. The summed E-state index contributed by atoms with van der Waals surface area (Å²) in [7, 11) is 1.84. The minimum absolute atomic E-state index is 0.0211. The van der Waals surface area contributed by atoms with E-state index < -0.39 is 0 Å². The zero-order valence-electron chi connectivity index (χ0n) is 19.9. The number of nitrogens with zero attached hydrogens (tertiary/aromatic N) is 6. The Kier molecular flexibility index (Phi) is 5.47. The van der Waals surface area contributed by atoms with Gasteiger partial charge in [0.15, 0.2) is 5.82 Å². The smallest absolute Gasteiger partial charge is 0.256 e. The van der Waals surface area contributed by atoms with Gasteiger partial charge in [-0.1, -0.05) is 36.4 Å². The van der Waals surface area contributed by atoms with Gasteiger partial charge < -0.3 is 10.2 Å². The molecule has 3 heterocycles. The van der Waals surface area contributed by atoms with Crippen molar-refractivity contribution in [2.45, 2.75) is 6.04 Å². The number of fused-ring (bicyclic) bond motifs is 2. The topological polar surface area (TPSA) is 90.1 Å². The minimum Gasteiger partial charge on any atom is -0.368 e. The number of para-hydroxylation sites is 1. The molecule has 0 radical (unpaired) electrons. The predicted octanol–water partition coefficient (Wildman–Crippen LogP) is 3.83. The van der Waals surface area contributed by atoms with Crippen LogP contribution < -0.4 is 10.2 Å². The van der Waals surface area contributed by atoms with Crippen LogP contribution in [0.15, 0.2) is 73.1 Å². The van der Waals surface area contributed by atoms with Crippen molar-refractivity contribution in [1.82, 2.24) is 19.7 Å². The molecule has 1 saturated heterocycles. The first-order valence-electron chi connectivity index (χ1n) is 12.0. The number of benzene rings is 3. The number of aromatic nitrogens is 3.